The molecule has 14 heavy (non-hydrogen) atoms. The molecule has 0 bridgehead atoms. The van der Waals surface area contributed by atoms with Gasteiger partial charge in [-0.1, -0.05) is 25.4 Å². The first-order valence-corrected chi connectivity index (χ1v) is 5.63. The average molecular weight is 233 g/mol. The summed E-state index contributed by atoms with van der Waals surface area (Å²) in [5.41, 5.74) is 0. The maximum atomic E-state index is 11.9. The highest BCUT2D eigenvalue weighted by molar-refractivity contribution is 7.12. The quantitative estimate of drug-likeness (QED) is 0.745. The highest BCUT2D eigenvalue weighted by Crippen LogP contribution is 2.25. The zero-order chi connectivity index (χ0) is 10.7. The molecule has 1 unspecified atom stereocenters. The van der Waals surface area contributed by atoms with Crippen LogP contribution in [-0.2, 0) is 4.74 Å². The summed E-state index contributed by atoms with van der Waals surface area (Å²) >= 11 is 7.23. The van der Waals surface area contributed by atoms with E-state index in [1.54, 1.807) is 13.2 Å². The second-order valence-corrected chi connectivity index (χ2v) is 4.69. The first kappa shape index (κ1) is 11.7. The number of hydrogen-bond donors (Lipinski definition) is 0. The van der Waals surface area contributed by atoms with Crippen molar-refractivity contribution >= 4 is 28.7 Å². The number of carbonyl (C=O) groups is 1. The molecule has 1 rings (SSSR count). The van der Waals surface area contributed by atoms with Crippen molar-refractivity contribution in [2.45, 2.75) is 20.0 Å². The van der Waals surface area contributed by atoms with Crippen LogP contribution in [-0.4, -0.2) is 19.0 Å². The van der Waals surface area contributed by atoms with Crippen molar-refractivity contribution in [1.82, 2.24) is 0 Å². The summed E-state index contributed by atoms with van der Waals surface area (Å²) in [5.74, 6) is 0.133. The second-order valence-electron chi connectivity index (χ2n) is 3.36. The molecule has 0 aliphatic rings. The highest BCUT2D eigenvalue weighted by Gasteiger charge is 2.25. The van der Waals surface area contributed by atoms with Crippen molar-refractivity contribution in [2.75, 3.05) is 7.11 Å². The summed E-state index contributed by atoms with van der Waals surface area (Å²) in [6.45, 7) is 3.90. The number of ether oxygens (including phenoxy) is 1. The molecule has 78 valence electrons. The minimum Gasteiger partial charge on any atom is -0.373 e. The van der Waals surface area contributed by atoms with E-state index in [4.69, 9.17) is 16.3 Å². The number of rotatable bonds is 4. The van der Waals surface area contributed by atoms with Gasteiger partial charge in [0.15, 0.2) is 0 Å². The molecular weight excluding hydrogens is 220 g/mol. The Morgan fingerprint density at radius 3 is 2.57 bits per heavy atom. The lowest BCUT2D eigenvalue weighted by Crippen LogP contribution is -2.28. The highest BCUT2D eigenvalue weighted by atomic mass is 35.5. The SMILES string of the molecule is COC(C(=O)c1sccc1Cl)C(C)C. The Morgan fingerprint density at radius 1 is 1.57 bits per heavy atom. The smallest absolute Gasteiger partial charge is 0.203 e. The van der Waals surface area contributed by atoms with Gasteiger partial charge in [-0.2, -0.15) is 0 Å². The molecule has 0 aliphatic carbocycles. The summed E-state index contributed by atoms with van der Waals surface area (Å²) in [5, 5.41) is 2.32. The standard InChI is InChI=1S/C10H13ClO2S/c1-6(2)9(13-3)8(12)10-7(11)4-5-14-10/h4-6,9H,1-3H3. The van der Waals surface area contributed by atoms with Gasteiger partial charge in [0.05, 0.1) is 9.90 Å². The van der Waals surface area contributed by atoms with Crippen LogP contribution in [0.5, 0.6) is 0 Å². The van der Waals surface area contributed by atoms with Crippen molar-refractivity contribution in [3.63, 3.8) is 0 Å². The van der Waals surface area contributed by atoms with Gasteiger partial charge in [-0.25, -0.2) is 0 Å². The van der Waals surface area contributed by atoms with Crippen LogP contribution in [0.2, 0.25) is 5.02 Å². The maximum Gasteiger partial charge on any atom is 0.203 e. The van der Waals surface area contributed by atoms with Crippen molar-refractivity contribution < 1.29 is 9.53 Å². The Morgan fingerprint density at radius 2 is 2.21 bits per heavy atom. The van der Waals surface area contributed by atoms with Crippen LogP contribution in [0.25, 0.3) is 0 Å². The van der Waals surface area contributed by atoms with Crippen molar-refractivity contribution in [3.05, 3.63) is 21.3 Å². The number of hydrogen-bond acceptors (Lipinski definition) is 3. The molecule has 1 aromatic rings. The zero-order valence-electron chi connectivity index (χ0n) is 8.41. The van der Waals surface area contributed by atoms with E-state index in [-0.39, 0.29) is 11.7 Å². The second kappa shape index (κ2) is 4.91. The molecule has 1 heterocycles. The molecule has 0 aliphatic heterocycles. The summed E-state index contributed by atoms with van der Waals surface area (Å²) in [7, 11) is 1.55. The fourth-order valence-corrected chi connectivity index (χ4v) is 2.40. The molecule has 0 N–H and O–H groups in total. The van der Waals surface area contributed by atoms with Gasteiger partial charge in [-0.15, -0.1) is 11.3 Å². The van der Waals surface area contributed by atoms with Crippen molar-refractivity contribution in [3.8, 4) is 0 Å². The van der Waals surface area contributed by atoms with E-state index in [1.807, 2.05) is 19.2 Å². The Labute approximate surface area is 92.8 Å². The Kier molecular flexibility index (Phi) is 4.11. The van der Waals surface area contributed by atoms with E-state index in [9.17, 15) is 4.79 Å². The molecule has 4 heteroatoms. The van der Waals surface area contributed by atoms with E-state index in [1.165, 1.54) is 11.3 Å². The van der Waals surface area contributed by atoms with Crippen molar-refractivity contribution in [1.29, 1.82) is 0 Å². The number of thiophene rings is 1. The summed E-state index contributed by atoms with van der Waals surface area (Å²) < 4.78 is 5.15. The zero-order valence-corrected chi connectivity index (χ0v) is 9.98. The van der Waals surface area contributed by atoms with Crippen LogP contribution in [0.15, 0.2) is 11.4 Å². The molecule has 1 aromatic heterocycles. The third kappa shape index (κ3) is 2.35. The molecule has 0 spiro atoms. The summed E-state index contributed by atoms with van der Waals surface area (Å²) in [6.07, 6.45) is -0.397. The Balaban J connectivity index is 2.89. The predicted octanol–water partition coefficient (Wildman–Crippen LogP) is 3.26. The Hall–Kier alpha value is -0.380. The molecule has 0 fully saturated rings. The van der Waals surface area contributed by atoms with Crippen LogP contribution < -0.4 is 0 Å². The lowest BCUT2D eigenvalue weighted by molar-refractivity contribution is 0.0463. The largest absolute Gasteiger partial charge is 0.373 e. The number of ketones is 1. The lowest BCUT2D eigenvalue weighted by Gasteiger charge is -2.16. The Bertz CT molecular complexity index is 320. The minimum absolute atomic E-state index is 0.0255. The molecule has 0 radical (unpaired) electrons. The van der Waals surface area contributed by atoms with Crippen LogP contribution in [0.4, 0.5) is 0 Å². The number of methoxy groups -OCH3 is 1. The van der Waals surface area contributed by atoms with Gasteiger partial charge >= 0.3 is 0 Å². The summed E-state index contributed by atoms with van der Waals surface area (Å²) in [6, 6.07) is 1.73. The number of carbonyl (C=O) groups excluding carboxylic acids is 1. The minimum atomic E-state index is -0.397. The average Bonchev–Trinajstić information content (AvgIpc) is 2.51. The van der Waals surface area contributed by atoms with E-state index in [0.29, 0.717) is 9.90 Å². The van der Waals surface area contributed by atoms with Gasteiger partial charge in [0.2, 0.25) is 5.78 Å². The van der Waals surface area contributed by atoms with Gasteiger partial charge in [0.1, 0.15) is 6.10 Å². The molecule has 0 saturated heterocycles. The van der Waals surface area contributed by atoms with Gasteiger partial charge in [0.25, 0.3) is 0 Å². The number of halogens is 1. The van der Waals surface area contributed by atoms with Gasteiger partial charge < -0.3 is 4.74 Å². The third-order valence-corrected chi connectivity index (χ3v) is 3.31. The summed E-state index contributed by atoms with van der Waals surface area (Å²) in [4.78, 5) is 12.5. The maximum absolute atomic E-state index is 11.9. The fraction of sp³-hybridized carbons (Fsp3) is 0.500. The molecular formula is C10H13ClO2S. The lowest BCUT2D eigenvalue weighted by atomic mass is 10.0. The van der Waals surface area contributed by atoms with Gasteiger partial charge in [-0.3, -0.25) is 4.79 Å². The van der Waals surface area contributed by atoms with Crippen LogP contribution in [0, 0.1) is 5.92 Å². The van der Waals surface area contributed by atoms with Crippen LogP contribution in [0.1, 0.15) is 23.5 Å². The van der Waals surface area contributed by atoms with E-state index in [2.05, 4.69) is 0 Å². The van der Waals surface area contributed by atoms with E-state index in [0.717, 1.165) is 0 Å². The van der Waals surface area contributed by atoms with Gasteiger partial charge in [0, 0.05) is 7.11 Å². The van der Waals surface area contributed by atoms with E-state index < -0.39 is 6.10 Å². The molecule has 1 atom stereocenters. The molecule has 0 saturated carbocycles. The monoisotopic (exact) mass is 232 g/mol. The van der Waals surface area contributed by atoms with Crippen molar-refractivity contribution in [2.24, 2.45) is 5.92 Å². The van der Waals surface area contributed by atoms with Crippen LogP contribution in [0.3, 0.4) is 0 Å². The normalized spacial score (nSPS) is 13.2. The topological polar surface area (TPSA) is 26.3 Å². The third-order valence-electron chi connectivity index (χ3n) is 1.96. The first-order valence-electron chi connectivity index (χ1n) is 4.38. The molecule has 2 nitrogen and oxygen atoms in total. The number of Topliss-reactive ketones (excluding diaryl/α,β-unsaturated/α-hetero) is 1. The van der Waals surface area contributed by atoms with Crippen LogP contribution >= 0.6 is 22.9 Å². The van der Waals surface area contributed by atoms with E-state index >= 15 is 0 Å². The molecule has 0 aromatic carbocycles. The van der Waals surface area contributed by atoms with Gasteiger partial charge in [-0.05, 0) is 17.4 Å². The molecule has 0 amide bonds. The first-order chi connectivity index (χ1) is 6.57. The predicted molar refractivity (Wildman–Crippen MR) is 59.3 cm³/mol. The fourth-order valence-electron chi connectivity index (χ4n) is 1.28.